The van der Waals surface area contributed by atoms with E-state index in [4.69, 9.17) is 4.98 Å². The number of aryl methyl sites for hydroxylation is 1. The van der Waals surface area contributed by atoms with Crippen LogP contribution in [0.2, 0.25) is 0 Å². The molecule has 176 valence electrons. The number of amides is 1. The molecule has 4 heterocycles. The van der Waals surface area contributed by atoms with Gasteiger partial charge in [0.2, 0.25) is 5.95 Å². The van der Waals surface area contributed by atoms with E-state index >= 15 is 0 Å². The summed E-state index contributed by atoms with van der Waals surface area (Å²) in [4.78, 5) is 25.4. The quantitative estimate of drug-likeness (QED) is 0.278. The number of anilines is 3. The number of nitrogens with zero attached hydrogens (tertiary/aromatic N) is 5. The molecule has 0 aliphatic heterocycles. The molecule has 0 bridgehead atoms. The number of carbonyl (C=O) groups excluding carboxylic acids is 1. The summed E-state index contributed by atoms with van der Waals surface area (Å²) in [5.74, 6) is 0.254. The van der Waals surface area contributed by atoms with E-state index in [2.05, 4.69) is 41.0 Å². The van der Waals surface area contributed by atoms with Crippen molar-refractivity contribution >= 4 is 45.0 Å². The molecule has 0 saturated heterocycles. The Labute approximate surface area is 205 Å². The zero-order chi connectivity index (χ0) is 24.6. The van der Waals surface area contributed by atoms with Crippen LogP contribution in [0, 0.1) is 13.8 Å². The predicted molar refractivity (Wildman–Crippen MR) is 138 cm³/mol. The zero-order valence-corrected chi connectivity index (χ0v) is 19.5. The van der Waals surface area contributed by atoms with E-state index in [0.717, 1.165) is 50.0 Å². The first-order chi connectivity index (χ1) is 17.5. The molecule has 0 radical (unpaired) electrons. The third kappa shape index (κ3) is 4.00. The average Bonchev–Trinajstić information content (AvgIpc) is 3.53. The van der Waals surface area contributed by atoms with Gasteiger partial charge in [-0.25, -0.2) is 9.97 Å². The van der Waals surface area contributed by atoms with Gasteiger partial charge in [-0.15, -0.1) is 0 Å². The Hall–Kier alpha value is -5.12. The van der Waals surface area contributed by atoms with Gasteiger partial charge in [0.15, 0.2) is 0 Å². The van der Waals surface area contributed by atoms with Crippen LogP contribution in [0.3, 0.4) is 0 Å². The van der Waals surface area contributed by atoms with Crippen LogP contribution in [0.4, 0.5) is 17.3 Å². The van der Waals surface area contributed by atoms with Crippen molar-refractivity contribution in [2.24, 2.45) is 0 Å². The minimum atomic E-state index is -0.254. The van der Waals surface area contributed by atoms with Crippen molar-refractivity contribution in [1.29, 1.82) is 0 Å². The number of hydrogen-bond acceptors (Lipinski definition) is 7. The molecule has 0 atom stereocenters. The van der Waals surface area contributed by atoms with Gasteiger partial charge in [-0.05, 0) is 55.8 Å². The van der Waals surface area contributed by atoms with Crippen molar-refractivity contribution in [3.05, 3.63) is 84.1 Å². The molecule has 0 aliphatic rings. The second-order valence-corrected chi connectivity index (χ2v) is 8.47. The molecule has 4 N–H and O–H groups in total. The van der Waals surface area contributed by atoms with Crippen LogP contribution in [0.15, 0.2) is 67.1 Å². The van der Waals surface area contributed by atoms with Crippen molar-refractivity contribution in [1.82, 2.24) is 35.3 Å². The Morgan fingerprint density at radius 1 is 0.861 bits per heavy atom. The molecule has 4 aromatic heterocycles. The SMILES string of the molecule is Cc1nc(Nc2ccc3[nH]ncc3c2)nc(-c2ccc3cc(C(=O)Nc4ccnnc4)[nH]c3c2)c1C. The molecular weight excluding hydrogens is 454 g/mol. The topological polar surface area (TPSA) is 137 Å². The van der Waals surface area contributed by atoms with Crippen LogP contribution in [0.1, 0.15) is 21.7 Å². The molecule has 6 rings (SSSR count). The fraction of sp³-hybridized carbons (Fsp3) is 0.0769. The summed E-state index contributed by atoms with van der Waals surface area (Å²) in [6.07, 6.45) is 4.80. The molecular formula is C26H21N9O. The maximum Gasteiger partial charge on any atom is 0.272 e. The Kier molecular flexibility index (Phi) is 5.11. The van der Waals surface area contributed by atoms with Gasteiger partial charge in [0.05, 0.1) is 35.5 Å². The van der Waals surface area contributed by atoms with Gasteiger partial charge < -0.3 is 15.6 Å². The fourth-order valence-corrected chi connectivity index (χ4v) is 4.08. The third-order valence-corrected chi connectivity index (χ3v) is 6.07. The smallest absolute Gasteiger partial charge is 0.272 e. The first kappa shape index (κ1) is 21.4. The number of carbonyl (C=O) groups is 1. The lowest BCUT2D eigenvalue weighted by Crippen LogP contribution is -2.12. The highest BCUT2D eigenvalue weighted by atomic mass is 16.1. The summed E-state index contributed by atoms with van der Waals surface area (Å²) in [6.45, 7) is 3.97. The Morgan fingerprint density at radius 2 is 1.78 bits per heavy atom. The number of hydrogen-bond donors (Lipinski definition) is 4. The van der Waals surface area contributed by atoms with Gasteiger partial charge in [-0.1, -0.05) is 12.1 Å². The highest BCUT2D eigenvalue weighted by molar-refractivity contribution is 6.06. The Bertz CT molecular complexity index is 1740. The molecule has 1 amide bonds. The minimum Gasteiger partial charge on any atom is -0.351 e. The molecule has 10 heteroatoms. The van der Waals surface area contributed by atoms with Crippen molar-refractivity contribution in [3.8, 4) is 11.3 Å². The first-order valence-corrected chi connectivity index (χ1v) is 11.3. The van der Waals surface area contributed by atoms with E-state index in [-0.39, 0.29) is 5.91 Å². The summed E-state index contributed by atoms with van der Waals surface area (Å²) < 4.78 is 0. The summed E-state index contributed by atoms with van der Waals surface area (Å²) in [5.41, 5.74) is 7.31. The first-order valence-electron chi connectivity index (χ1n) is 11.3. The maximum atomic E-state index is 12.7. The zero-order valence-electron chi connectivity index (χ0n) is 19.5. The van der Waals surface area contributed by atoms with Gasteiger partial charge in [0.1, 0.15) is 5.69 Å². The van der Waals surface area contributed by atoms with E-state index in [9.17, 15) is 4.79 Å². The normalized spacial score (nSPS) is 11.2. The molecule has 36 heavy (non-hydrogen) atoms. The van der Waals surface area contributed by atoms with Crippen LogP contribution in [0.5, 0.6) is 0 Å². The van der Waals surface area contributed by atoms with Crippen LogP contribution in [-0.2, 0) is 0 Å². The highest BCUT2D eigenvalue weighted by Crippen LogP contribution is 2.29. The lowest BCUT2D eigenvalue weighted by atomic mass is 10.0. The molecule has 0 saturated carbocycles. The maximum absolute atomic E-state index is 12.7. The summed E-state index contributed by atoms with van der Waals surface area (Å²) in [7, 11) is 0. The number of aromatic amines is 2. The standard InChI is InChI=1S/C26H21N9O/c1-14-15(2)30-26(32-19-5-6-21-18(9-19)12-29-35-21)34-24(14)17-4-3-16-10-23(33-22(16)11-17)25(36)31-20-7-8-27-28-13-20/h3-13,33H,1-2H3,(H,29,35)(H,27,31,36)(H,30,32,34). The Balaban J connectivity index is 1.31. The van der Waals surface area contributed by atoms with E-state index in [1.165, 1.54) is 12.4 Å². The lowest BCUT2D eigenvalue weighted by Gasteiger charge is -2.12. The largest absolute Gasteiger partial charge is 0.351 e. The van der Waals surface area contributed by atoms with E-state index < -0.39 is 0 Å². The number of H-pyrrole nitrogens is 2. The van der Waals surface area contributed by atoms with Crippen LogP contribution >= 0.6 is 0 Å². The van der Waals surface area contributed by atoms with Crippen LogP contribution in [-0.4, -0.2) is 41.3 Å². The molecule has 0 aliphatic carbocycles. The molecule has 2 aromatic carbocycles. The third-order valence-electron chi connectivity index (χ3n) is 6.07. The Morgan fingerprint density at radius 3 is 2.64 bits per heavy atom. The number of benzene rings is 2. The average molecular weight is 476 g/mol. The monoisotopic (exact) mass is 475 g/mol. The van der Waals surface area contributed by atoms with Crippen molar-refractivity contribution in [2.75, 3.05) is 10.6 Å². The number of rotatable bonds is 5. The number of fused-ring (bicyclic) bond motifs is 2. The minimum absolute atomic E-state index is 0.254. The van der Waals surface area contributed by atoms with Crippen LogP contribution < -0.4 is 10.6 Å². The van der Waals surface area contributed by atoms with Gasteiger partial charge in [0.25, 0.3) is 5.91 Å². The van der Waals surface area contributed by atoms with Gasteiger partial charge >= 0.3 is 0 Å². The van der Waals surface area contributed by atoms with Gasteiger partial charge in [-0.2, -0.15) is 15.3 Å². The number of aromatic nitrogens is 7. The number of nitrogens with one attached hydrogen (secondary N) is 4. The summed E-state index contributed by atoms with van der Waals surface area (Å²) in [5, 5.41) is 22.6. The second kappa shape index (κ2) is 8.58. The van der Waals surface area contributed by atoms with Crippen molar-refractivity contribution in [2.45, 2.75) is 13.8 Å². The molecule has 0 unspecified atom stereocenters. The summed E-state index contributed by atoms with van der Waals surface area (Å²) >= 11 is 0. The molecule has 10 nitrogen and oxygen atoms in total. The van der Waals surface area contributed by atoms with E-state index in [1.807, 2.05) is 56.3 Å². The molecule has 0 fully saturated rings. The van der Waals surface area contributed by atoms with E-state index in [0.29, 0.717) is 17.3 Å². The van der Waals surface area contributed by atoms with Crippen LogP contribution in [0.25, 0.3) is 33.1 Å². The van der Waals surface area contributed by atoms with Gasteiger partial charge in [-0.3, -0.25) is 9.89 Å². The fourth-order valence-electron chi connectivity index (χ4n) is 4.08. The summed E-state index contributed by atoms with van der Waals surface area (Å²) in [6, 6.07) is 15.4. The van der Waals surface area contributed by atoms with E-state index in [1.54, 1.807) is 12.3 Å². The second-order valence-electron chi connectivity index (χ2n) is 8.47. The van der Waals surface area contributed by atoms with Gasteiger partial charge in [0, 0.05) is 33.2 Å². The predicted octanol–water partition coefficient (Wildman–Crippen LogP) is 4.90. The molecule has 0 spiro atoms. The van der Waals surface area contributed by atoms with Crippen molar-refractivity contribution < 1.29 is 4.79 Å². The van der Waals surface area contributed by atoms with Crippen molar-refractivity contribution in [3.63, 3.8) is 0 Å². The molecule has 6 aromatic rings. The highest BCUT2D eigenvalue weighted by Gasteiger charge is 2.14. The lowest BCUT2D eigenvalue weighted by molar-refractivity contribution is 0.102.